The number of hydrogen-bond donors (Lipinski definition) is 10. The number of hydrogen-bond acceptors (Lipinski definition) is 23. The summed E-state index contributed by atoms with van der Waals surface area (Å²) in [5, 5.41) is 90.7. The number of nitrogens with one attached hydrogen (secondary N) is 2. The molecular formula is C53H85N3O23. The van der Waals surface area contributed by atoms with E-state index in [4.69, 9.17) is 53.8 Å². The number of aliphatic hydroxyl groups excluding tert-OH is 8. The summed E-state index contributed by atoms with van der Waals surface area (Å²) in [7, 11) is 1.26. The minimum atomic E-state index is -1.76. The molecule has 1 saturated carbocycles. The average Bonchev–Trinajstić information content (AvgIpc) is 3.78. The summed E-state index contributed by atoms with van der Waals surface area (Å²) in [6.45, 7) is 0.670. The predicted molar refractivity (Wildman–Crippen MR) is 272 cm³/mol. The summed E-state index contributed by atoms with van der Waals surface area (Å²) in [4.78, 5) is 62.1. The Morgan fingerprint density at radius 2 is 1.11 bits per heavy atom. The Morgan fingerprint density at radius 1 is 0.595 bits per heavy atom. The third kappa shape index (κ3) is 20.9. The number of amides is 4. The molecule has 0 spiro atoms. The minimum absolute atomic E-state index is 0.00628. The van der Waals surface area contributed by atoms with Crippen molar-refractivity contribution in [3.8, 4) is 12.3 Å². The summed E-state index contributed by atoms with van der Waals surface area (Å²) in [5.41, 5.74) is 0. The SMILES string of the molecule is C#CCNC(=O)CCCCCO[C@H]1C(COC2OC(COC3OC(CO)C(O)C(O)C3O)[C@H](OCCCCCC(=O)NCCOCCOCCCC(=O)C3CCC(CN4C(=O)C=CC4=O)CC3)C(O)C2O)OC(OC)C(O)C1O. The number of methoxy groups -OCH3 is 1. The van der Waals surface area contributed by atoms with Crippen LogP contribution in [0.3, 0.4) is 0 Å². The van der Waals surface area contributed by atoms with Crippen molar-refractivity contribution in [2.45, 2.75) is 182 Å². The van der Waals surface area contributed by atoms with Crippen LogP contribution >= 0.6 is 0 Å². The molecule has 5 aliphatic rings. The summed E-state index contributed by atoms with van der Waals surface area (Å²) in [6.07, 6.45) is -6.64. The van der Waals surface area contributed by atoms with E-state index in [2.05, 4.69) is 16.6 Å². The Labute approximate surface area is 460 Å². The summed E-state index contributed by atoms with van der Waals surface area (Å²) in [6, 6.07) is 0. The van der Waals surface area contributed by atoms with Crippen LogP contribution in [0.4, 0.5) is 0 Å². The predicted octanol–water partition coefficient (Wildman–Crippen LogP) is -2.77. The molecular weight excluding hydrogens is 1050 g/mol. The maximum atomic E-state index is 12.7. The number of nitrogens with zero attached hydrogens (tertiary/aromatic N) is 1. The van der Waals surface area contributed by atoms with Crippen molar-refractivity contribution in [2.75, 3.05) is 86.2 Å². The third-order valence-corrected chi connectivity index (χ3v) is 14.6. The van der Waals surface area contributed by atoms with Gasteiger partial charge in [-0.2, -0.15) is 0 Å². The Bertz CT molecular complexity index is 1900. The zero-order valence-corrected chi connectivity index (χ0v) is 45.1. The molecule has 26 nitrogen and oxygen atoms in total. The maximum absolute atomic E-state index is 12.7. The lowest BCUT2D eigenvalue weighted by molar-refractivity contribution is -0.345. The first kappa shape index (κ1) is 66.1. The quantitative estimate of drug-likeness (QED) is 0.0172. The molecule has 4 aliphatic heterocycles. The lowest BCUT2D eigenvalue weighted by atomic mass is 9.79. The standard InChI is InChI=1S/C53H85N3O23/c1-3-20-54-38(59)12-6-4-8-23-73-49-36(78-51(70-2)47(68)44(49)65)30-76-53-48(69)45(66)50(37(79-53)31-75-52-46(67)43(64)42(63)35(29-57)77-52)74-24-9-5-7-13-39(60)55-21-25-72-27-26-71-22-10-11-34(58)33-16-14-32(15-17-33)28-56-40(61)18-19-41(56)62/h1,18-19,32-33,35-37,42-53,57,63-69H,4-17,20-31H2,2H3,(H,54,59)(H,55,60)/t32?,33?,35?,36?,37?,42?,43?,44?,45?,46?,47?,48?,49-,50-,51?,52?,53?/m0/s1. The van der Waals surface area contributed by atoms with Crippen molar-refractivity contribution < 1.29 is 112 Å². The molecule has 26 heteroatoms. The van der Waals surface area contributed by atoms with Gasteiger partial charge in [-0.3, -0.25) is 28.9 Å². The van der Waals surface area contributed by atoms with Crippen molar-refractivity contribution >= 4 is 29.4 Å². The zero-order chi connectivity index (χ0) is 57.3. The van der Waals surface area contributed by atoms with E-state index in [0.29, 0.717) is 84.3 Å². The van der Waals surface area contributed by atoms with Crippen LogP contribution in [-0.2, 0) is 71.3 Å². The Kier molecular flexibility index (Phi) is 29.6. The van der Waals surface area contributed by atoms with Gasteiger partial charge >= 0.3 is 0 Å². The fraction of sp³-hybridized carbons (Fsp3) is 0.830. The van der Waals surface area contributed by atoms with E-state index >= 15 is 0 Å². The number of ether oxygens (including phenoxy) is 10. The van der Waals surface area contributed by atoms with Crippen LogP contribution in [0.25, 0.3) is 0 Å². The number of unbranched alkanes of at least 4 members (excludes halogenated alkanes) is 4. The van der Waals surface area contributed by atoms with Crippen LogP contribution in [0, 0.1) is 24.2 Å². The van der Waals surface area contributed by atoms with Gasteiger partial charge in [-0.15, -0.1) is 6.42 Å². The van der Waals surface area contributed by atoms with Gasteiger partial charge in [0, 0.05) is 77.4 Å². The minimum Gasteiger partial charge on any atom is -0.394 e. The molecule has 4 fully saturated rings. The van der Waals surface area contributed by atoms with Crippen LogP contribution in [0.5, 0.6) is 0 Å². The van der Waals surface area contributed by atoms with E-state index < -0.39 is 112 Å². The molecule has 0 aromatic carbocycles. The number of terminal acetylenes is 1. The van der Waals surface area contributed by atoms with Gasteiger partial charge in [0.1, 0.15) is 79.0 Å². The highest BCUT2D eigenvalue weighted by molar-refractivity contribution is 6.12. The second-order valence-corrected chi connectivity index (χ2v) is 20.4. The molecule has 15 atom stereocenters. The van der Waals surface area contributed by atoms with E-state index in [9.17, 15) is 64.8 Å². The average molecular weight is 1130 g/mol. The molecule has 4 amide bonds. The molecule has 4 heterocycles. The molecule has 10 N–H and O–H groups in total. The first-order valence-electron chi connectivity index (χ1n) is 27.6. The summed E-state index contributed by atoms with van der Waals surface area (Å²) in [5.74, 6) is 1.84. The number of carbonyl (C=O) groups is 5. The molecule has 0 aromatic heterocycles. The fourth-order valence-corrected chi connectivity index (χ4v) is 9.98. The second kappa shape index (κ2) is 35.4. The third-order valence-electron chi connectivity index (χ3n) is 14.6. The van der Waals surface area contributed by atoms with Gasteiger partial charge in [0.2, 0.25) is 11.8 Å². The van der Waals surface area contributed by atoms with Crippen LogP contribution in [-0.4, -0.2) is 253 Å². The molecule has 450 valence electrons. The Balaban J connectivity index is 0.987. The number of carbonyl (C=O) groups excluding carboxylic acids is 5. The zero-order valence-electron chi connectivity index (χ0n) is 45.1. The highest BCUT2D eigenvalue weighted by Crippen LogP contribution is 2.33. The number of aliphatic hydroxyl groups is 8. The first-order chi connectivity index (χ1) is 38.1. The summed E-state index contributed by atoms with van der Waals surface area (Å²) >= 11 is 0. The fourth-order valence-electron chi connectivity index (χ4n) is 9.98. The van der Waals surface area contributed by atoms with E-state index in [1.54, 1.807) is 0 Å². The van der Waals surface area contributed by atoms with Crippen molar-refractivity contribution in [2.24, 2.45) is 11.8 Å². The number of imide groups is 1. The van der Waals surface area contributed by atoms with Crippen LogP contribution in [0.15, 0.2) is 12.2 Å². The van der Waals surface area contributed by atoms with Gasteiger partial charge in [-0.1, -0.05) is 18.8 Å². The number of rotatable bonds is 36. The van der Waals surface area contributed by atoms with Crippen LogP contribution in [0.1, 0.15) is 89.9 Å². The van der Waals surface area contributed by atoms with E-state index in [-0.39, 0.29) is 80.5 Å². The lowest BCUT2D eigenvalue weighted by Crippen LogP contribution is -2.63. The summed E-state index contributed by atoms with van der Waals surface area (Å²) < 4.78 is 57.5. The molecule has 3 saturated heterocycles. The van der Waals surface area contributed by atoms with Crippen molar-refractivity contribution in [3.63, 3.8) is 0 Å². The molecule has 1 aliphatic carbocycles. The van der Waals surface area contributed by atoms with Crippen molar-refractivity contribution in [1.29, 1.82) is 0 Å². The van der Waals surface area contributed by atoms with Crippen molar-refractivity contribution in [1.82, 2.24) is 15.5 Å². The topological polar surface area (TPSA) is 367 Å². The maximum Gasteiger partial charge on any atom is 0.253 e. The van der Waals surface area contributed by atoms with Gasteiger partial charge in [0.15, 0.2) is 18.9 Å². The largest absolute Gasteiger partial charge is 0.394 e. The van der Waals surface area contributed by atoms with E-state index in [1.165, 1.54) is 24.2 Å². The monoisotopic (exact) mass is 1130 g/mol. The second-order valence-electron chi connectivity index (χ2n) is 20.4. The van der Waals surface area contributed by atoms with Crippen molar-refractivity contribution in [3.05, 3.63) is 12.2 Å². The molecule has 13 unspecified atom stereocenters. The molecule has 0 radical (unpaired) electrons. The highest BCUT2D eigenvalue weighted by Gasteiger charge is 2.50. The lowest BCUT2D eigenvalue weighted by Gasteiger charge is -2.45. The van der Waals surface area contributed by atoms with Gasteiger partial charge in [-0.05, 0) is 63.7 Å². The highest BCUT2D eigenvalue weighted by atomic mass is 16.7. The van der Waals surface area contributed by atoms with Gasteiger partial charge in [0.05, 0.1) is 46.2 Å². The smallest absolute Gasteiger partial charge is 0.253 e. The van der Waals surface area contributed by atoms with E-state index in [1.807, 2.05) is 0 Å². The van der Waals surface area contributed by atoms with Crippen LogP contribution < -0.4 is 10.6 Å². The van der Waals surface area contributed by atoms with Crippen LogP contribution in [0.2, 0.25) is 0 Å². The number of ketones is 1. The Hall–Kier alpha value is -3.67. The van der Waals surface area contributed by atoms with E-state index in [0.717, 1.165) is 25.7 Å². The number of Topliss-reactive ketones (excluding diaryl/α,β-unsaturated/α-hetero) is 1. The van der Waals surface area contributed by atoms with Gasteiger partial charge < -0.3 is 98.9 Å². The molecule has 5 rings (SSSR count). The molecule has 79 heavy (non-hydrogen) atoms. The molecule has 0 bridgehead atoms. The molecule has 0 aromatic rings. The first-order valence-corrected chi connectivity index (χ1v) is 27.6. The Morgan fingerprint density at radius 3 is 1.67 bits per heavy atom. The van der Waals surface area contributed by atoms with Gasteiger partial charge in [-0.25, -0.2) is 0 Å². The van der Waals surface area contributed by atoms with Gasteiger partial charge in [0.25, 0.3) is 11.8 Å². The normalized spacial score (nSPS) is 33.0.